The topological polar surface area (TPSA) is 38.8 Å². The summed E-state index contributed by atoms with van der Waals surface area (Å²) in [6.07, 6.45) is -4.22. The van der Waals surface area contributed by atoms with Crippen molar-refractivity contribution in [2.75, 3.05) is 7.11 Å². The quantitative estimate of drug-likeness (QED) is 0.422. The Morgan fingerprint density at radius 2 is 1.76 bits per heavy atom. The molecule has 184 valence electrons. The molecular weight excluding hydrogens is 450 g/mol. The Kier molecular flexibility index (Phi) is 6.29. The Balaban J connectivity index is 1.91. The van der Waals surface area contributed by atoms with Gasteiger partial charge in [0.2, 0.25) is 0 Å². The Labute approximate surface area is 196 Å². The Morgan fingerprint density at radius 3 is 2.35 bits per heavy atom. The molecule has 4 rings (SSSR count). The molecule has 0 radical (unpaired) electrons. The summed E-state index contributed by atoms with van der Waals surface area (Å²) in [6.45, 7) is 7.61. The summed E-state index contributed by atoms with van der Waals surface area (Å²) in [5.74, 6) is -0.266. The lowest BCUT2D eigenvalue weighted by molar-refractivity contribution is -0.137. The lowest BCUT2D eigenvalue weighted by Crippen LogP contribution is -2.34. The average Bonchev–Trinajstić information content (AvgIpc) is 3.33. The number of carbonyl (C=O) groups excluding carboxylic acids is 1. The summed E-state index contributed by atoms with van der Waals surface area (Å²) in [7, 11) is 1.40. The number of halogens is 4. The molecule has 3 unspecified atom stereocenters. The fraction of sp³-hybridized carbons (Fsp3) is 0.500. The van der Waals surface area contributed by atoms with Gasteiger partial charge >= 0.3 is 12.3 Å². The molecule has 2 aliphatic rings. The molecule has 2 aromatic rings. The van der Waals surface area contributed by atoms with Crippen molar-refractivity contribution in [1.29, 1.82) is 0 Å². The first-order chi connectivity index (χ1) is 15.9. The van der Waals surface area contributed by atoms with Gasteiger partial charge in [-0.1, -0.05) is 33.8 Å². The van der Waals surface area contributed by atoms with Crippen LogP contribution < -0.4 is 4.74 Å². The molecule has 2 aromatic carbocycles. The Morgan fingerprint density at radius 1 is 1.06 bits per heavy atom. The van der Waals surface area contributed by atoms with E-state index in [1.165, 1.54) is 19.2 Å². The highest BCUT2D eigenvalue weighted by Gasteiger charge is 2.51. The third-order valence-electron chi connectivity index (χ3n) is 6.88. The number of cyclic esters (lactones) is 1. The van der Waals surface area contributed by atoms with E-state index in [0.29, 0.717) is 35.1 Å². The molecular formula is C26H29F4NO3. The number of nitrogens with zero attached hydrogens (tertiary/aromatic N) is 1. The smallest absolute Gasteiger partial charge is 0.416 e. The van der Waals surface area contributed by atoms with Crippen molar-refractivity contribution in [3.05, 3.63) is 52.8 Å². The minimum atomic E-state index is -4.55. The highest BCUT2D eigenvalue weighted by atomic mass is 19.4. The standard InChI is InChI=1S/C26H29F4NO3/c1-13(2)17-11-19(23(33-5)12-20(17)27)16-7-6-15(26(28,29)30)10-18(16)21-8-9-22-24(14(3)4)34-25(32)31(21)22/h6-7,10-14,21-22,24H,8-9H2,1-5H3. The first kappa shape index (κ1) is 24.4. The van der Waals surface area contributed by atoms with Gasteiger partial charge in [0, 0.05) is 11.6 Å². The van der Waals surface area contributed by atoms with E-state index in [1.54, 1.807) is 11.0 Å². The fourth-order valence-electron chi connectivity index (χ4n) is 5.22. The molecule has 2 aliphatic heterocycles. The molecule has 3 atom stereocenters. The zero-order valence-electron chi connectivity index (χ0n) is 19.9. The van der Waals surface area contributed by atoms with Gasteiger partial charge in [-0.05, 0) is 59.6 Å². The van der Waals surface area contributed by atoms with Gasteiger partial charge in [0.05, 0.1) is 24.8 Å². The molecule has 0 aliphatic carbocycles. The second-order valence-electron chi connectivity index (χ2n) is 9.69. The average molecular weight is 480 g/mol. The van der Waals surface area contributed by atoms with Crippen LogP contribution >= 0.6 is 0 Å². The van der Waals surface area contributed by atoms with Crippen LogP contribution in [0.25, 0.3) is 11.1 Å². The van der Waals surface area contributed by atoms with Gasteiger partial charge < -0.3 is 9.47 Å². The largest absolute Gasteiger partial charge is 0.496 e. The van der Waals surface area contributed by atoms with Crippen LogP contribution in [0.5, 0.6) is 5.75 Å². The summed E-state index contributed by atoms with van der Waals surface area (Å²) in [5.41, 5.74) is 0.975. The minimum Gasteiger partial charge on any atom is -0.496 e. The number of fused-ring (bicyclic) bond motifs is 1. The first-order valence-electron chi connectivity index (χ1n) is 11.5. The number of hydrogen-bond acceptors (Lipinski definition) is 3. The van der Waals surface area contributed by atoms with Crippen LogP contribution in [-0.4, -0.2) is 30.2 Å². The molecule has 2 heterocycles. The van der Waals surface area contributed by atoms with Crippen molar-refractivity contribution < 1.29 is 31.8 Å². The summed E-state index contributed by atoms with van der Waals surface area (Å²) in [6, 6.07) is 5.64. The van der Waals surface area contributed by atoms with Crippen LogP contribution in [-0.2, 0) is 10.9 Å². The van der Waals surface area contributed by atoms with Gasteiger partial charge in [-0.3, -0.25) is 4.90 Å². The van der Waals surface area contributed by atoms with E-state index in [9.17, 15) is 22.4 Å². The summed E-state index contributed by atoms with van der Waals surface area (Å²) in [5, 5.41) is 0. The van der Waals surface area contributed by atoms with Crippen LogP contribution in [0.15, 0.2) is 30.3 Å². The molecule has 2 fully saturated rings. The van der Waals surface area contributed by atoms with Crippen molar-refractivity contribution in [3.8, 4) is 16.9 Å². The molecule has 4 nitrogen and oxygen atoms in total. The van der Waals surface area contributed by atoms with E-state index >= 15 is 0 Å². The first-order valence-corrected chi connectivity index (χ1v) is 11.5. The molecule has 0 saturated carbocycles. The van der Waals surface area contributed by atoms with Gasteiger partial charge in [0.25, 0.3) is 0 Å². The van der Waals surface area contributed by atoms with Crippen molar-refractivity contribution in [1.82, 2.24) is 4.90 Å². The third kappa shape index (κ3) is 4.12. The van der Waals surface area contributed by atoms with Gasteiger partial charge in [-0.15, -0.1) is 0 Å². The number of methoxy groups -OCH3 is 1. The van der Waals surface area contributed by atoms with Crippen molar-refractivity contribution in [3.63, 3.8) is 0 Å². The molecule has 1 amide bonds. The summed E-state index contributed by atoms with van der Waals surface area (Å²) < 4.78 is 66.7. The van der Waals surface area contributed by atoms with E-state index in [-0.39, 0.29) is 29.7 Å². The maximum atomic E-state index is 14.7. The van der Waals surface area contributed by atoms with Crippen LogP contribution in [0.2, 0.25) is 0 Å². The number of amides is 1. The Hall–Kier alpha value is -2.77. The molecule has 0 N–H and O–H groups in total. The number of alkyl halides is 3. The monoisotopic (exact) mass is 479 g/mol. The summed E-state index contributed by atoms with van der Waals surface area (Å²) >= 11 is 0. The molecule has 2 saturated heterocycles. The number of hydrogen-bond donors (Lipinski definition) is 0. The number of rotatable bonds is 5. The van der Waals surface area contributed by atoms with Gasteiger partial charge in [-0.2, -0.15) is 13.2 Å². The predicted octanol–water partition coefficient (Wildman–Crippen LogP) is 7.32. The number of carbonyl (C=O) groups is 1. The van der Waals surface area contributed by atoms with E-state index in [4.69, 9.17) is 9.47 Å². The maximum Gasteiger partial charge on any atom is 0.416 e. The minimum absolute atomic E-state index is 0.0875. The maximum absolute atomic E-state index is 14.7. The number of benzene rings is 2. The zero-order valence-corrected chi connectivity index (χ0v) is 19.9. The second-order valence-corrected chi connectivity index (χ2v) is 9.69. The van der Waals surface area contributed by atoms with Gasteiger partial charge in [0.1, 0.15) is 17.7 Å². The van der Waals surface area contributed by atoms with E-state index in [1.807, 2.05) is 27.7 Å². The van der Waals surface area contributed by atoms with Crippen molar-refractivity contribution >= 4 is 6.09 Å². The summed E-state index contributed by atoms with van der Waals surface area (Å²) in [4.78, 5) is 14.4. The van der Waals surface area contributed by atoms with E-state index in [0.717, 1.165) is 12.1 Å². The lowest BCUT2D eigenvalue weighted by atomic mass is 9.89. The predicted molar refractivity (Wildman–Crippen MR) is 120 cm³/mol. The van der Waals surface area contributed by atoms with Gasteiger partial charge in [-0.25, -0.2) is 9.18 Å². The third-order valence-corrected chi connectivity index (χ3v) is 6.88. The van der Waals surface area contributed by atoms with Crippen LogP contribution in [0.3, 0.4) is 0 Å². The van der Waals surface area contributed by atoms with Crippen molar-refractivity contribution in [2.24, 2.45) is 5.92 Å². The molecule has 0 spiro atoms. The Bertz CT molecular complexity index is 1100. The van der Waals surface area contributed by atoms with Crippen LogP contribution in [0.4, 0.5) is 22.4 Å². The SMILES string of the molecule is COc1cc(F)c(C(C)C)cc1-c1ccc(C(F)(F)F)cc1C1CCC2C(C(C)C)OC(=O)N12. The molecule has 8 heteroatoms. The second kappa shape index (κ2) is 8.78. The van der Waals surface area contributed by atoms with E-state index in [2.05, 4.69) is 0 Å². The van der Waals surface area contributed by atoms with Gasteiger partial charge in [0.15, 0.2) is 0 Å². The van der Waals surface area contributed by atoms with Crippen LogP contribution in [0, 0.1) is 11.7 Å². The van der Waals surface area contributed by atoms with Crippen molar-refractivity contribution in [2.45, 2.75) is 70.8 Å². The highest BCUT2D eigenvalue weighted by molar-refractivity contribution is 5.78. The number of ether oxygens (including phenoxy) is 2. The normalized spacial score (nSPS) is 22.5. The highest BCUT2D eigenvalue weighted by Crippen LogP contribution is 2.48. The fourth-order valence-corrected chi connectivity index (χ4v) is 5.22. The molecule has 0 bridgehead atoms. The lowest BCUT2D eigenvalue weighted by Gasteiger charge is -2.27. The van der Waals surface area contributed by atoms with E-state index < -0.39 is 29.7 Å². The molecule has 0 aromatic heterocycles. The zero-order chi connectivity index (χ0) is 24.9. The molecule has 34 heavy (non-hydrogen) atoms. The van der Waals surface area contributed by atoms with Crippen LogP contribution in [0.1, 0.15) is 69.2 Å².